The quantitative estimate of drug-likeness (QED) is 0.423. The van der Waals surface area contributed by atoms with E-state index in [-0.39, 0.29) is 5.92 Å². The third-order valence-corrected chi connectivity index (χ3v) is 6.71. The number of fused-ring (bicyclic) bond motifs is 3. The minimum Gasteiger partial charge on any atom is -0.384 e. The van der Waals surface area contributed by atoms with Crippen molar-refractivity contribution in [2.75, 3.05) is 32.5 Å². The molecule has 4 N–H and O–H groups in total. The molecule has 1 aliphatic carbocycles. The van der Waals surface area contributed by atoms with Gasteiger partial charge in [0.2, 0.25) is 0 Å². The van der Waals surface area contributed by atoms with E-state index in [2.05, 4.69) is 19.0 Å². The second-order valence-electron chi connectivity index (χ2n) is 8.60. The predicted molar refractivity (Wildman–Crippen MR) is 123 cm³/mol. The molecular weight excluding hydrogens is 416 g/mol. The van der Waals surface area contributed by atoms with Crippen molar-refractivity contribution in [3.63, 3.8) is 0 Å². The minimum atomic E-state index is -3.44. The van der Waals surface area contributed by atoms with E-state index in [9.17, 15) is 8.42 Å². The minimum absolute atomic E-state index is 0.268. The molecule has 174 valence electrons. The van der Waals surface area contributed by atoms with Crippen LogP contribution >= 0.6 is 0 Å². The standard InChI is InChI=1S/C21H36N6O3S/c1-15(2)14-24-31(28,29)23-11-6-7-12-27-18(10-13-30-3)26-19-20(27)16-8-4-5-9-17(16)25-21(19)22/h15,23-24H,4-14H2,1-3H3,(H2,22,25). The Hall–Kier alpha value is -1.75. The molecule has 1 aliphatic rings. The highest BCUT2D eigenvalue weighted by atomic mass is 32.2. The van der Waals surface area contributed by atoms with Crippen molar-refractivity contribution in [2.24, 2.45) is 5.92 Å². The lowest BCUT2D eigenvalue weighted by atomic mass is 9.95. The Kier molecular flexibility index (Phi) is 8.26. The van der Waals surface area contributed by atoms with Crippen LogP contribution in [0.1, 0.15) is 56.6 Å². The van der Waals surface area contributed by atoms with Crippen LogP contribution in [0, 0.1) is 5.92 Å². The number of nitrogens with two attached hydrogens (primary N) is 1. The number of nitrogen functional groups attached to an aromatic ring is 1. The molecule has 0 bridgehead atoms. The fraction of sp³-hybridized carbons (Fsp3) is 0.714. The SMILES string of the molecule is COCCc1nc2c(N)nc3c(c2n1CCCCNS(=O)(=O)NCC(C)C)CCCC3. The maximum Gasteiger partial charge on any atom is 0.276 e. The van der Waals surface area contributed by atoms with Crippen LogP contribution in [0.5, 0.6) is 0 Å². The average Bonchev–Trinajstić information content (AvgIpc) is 3.10. The van der Waals surface area contributed by atoms with E-state index in [1.54, 1.807) is 7.11 Å². The first-order valence-electron chi connectivity index (χ1n) is 11.2. The molecule has 0 unspecified atom stereocenters. The van der Waals surface area contributed by atoms with Crippen LogP contribution in [0.4, 0.5) is 5.82 Å². The van der Waals surface area contributed by atoms with Gasteiger partial charge in [0.1, 0.15) is 11.3 Å². The zero-order valence-electron chi connectivity index (χ0n) is 18.9. The number of unbranched alkanes of at least 4 members (excludes halogenated alkanes) is 1. The zero-order valence-corrected chi connectivity index (χ0v) is 19.7. The smallest absolute Gasteiger partial charge is 0.276 e. The summed E-state index contributed by atoms with van der Waals surface area (Å²) in [6.07, 6.45) is 6.50. The van der Waals surface area contributed by atoms with Crippen LogP contribution in [-0.2, 0) is 40.8 Å². The van der Waals surface area contributed by atoms with Gasteiger partial charge < -0.3 is 15.0 Å². The summed E-state index contributed by atoms with van der Waals surface area (Å²) in [5.74, 6) is 1.71. The van der Waals surface area contributed by atoms with E-state index in [4.69, 9.17) is 15.5 Å². The molecule has 10 heteroatoms. The fourth-order valence-electron chi connectivity index (χ4n) is 4.00. The number of anilines is 1. The summed E-state index contributed by atoms with van der Waals surface area (Å²) in [5, 5.41) is 0. The topological polar surface area (TPSA) is 124 Å². The third-order valence-electron chi connectivity index (χ3n) is 5.58. The normalized spacial score (nSPS) is 14.5. The molecule has 2 aromatic rings. The van der Waals surface area contributed by atoms with E-state index in [1.807, 2.05) is 13.8 Å². The van der Waals surface area contributed by atoms with Crippen LogP contribution in [0.3, 0.4) is 0 Å². The van der Waals surface area contributed by atoms with E-state index in [0.717, 1.165) is 67.6 Å². The Morgan fingerprint density at radius 1 is 1.16 bits per heavy atom. The number of aromatic nitrogens is 3. The number of imidazole rings is 1. The first-order valence-corrected chi connectivity index (χ1v) is 12.7. The fourth-order valence-corrected chi connectivity index (χ4v) is 5.07. The van der Waals surface area contributed by atoms with Crippen LogP contribution in [-0.4, -0.2) is 49.8 Å². The summed E-state index contributed by atoms with van der Waals surface area (Å²) in [5.41, 5.74) is 10.5. The summed E-state index contributed by atoms with van der Waals surface area (Å²) < 4.78 is 36.7. The number of hydrogen-bond donors (Lipinski definition) is 3. The van der Waals surface area contributed by atoms with Crippen molar-refractivity contribution in [1.82, 2.24) is 24.0 Å². The second kappa shape index (κ2) is 10.7. The van der Waals surface area contributed by atoms with Gasteiger partial charge in [-0.2, -0.15) is 8.42 Å². The molecule has 31 heavy (non-hydrogen) atoms. The largest absolute Gasteiger partial charge is 0.384 e. The molecule has 0 aromatic carbocycles. The Balaban J connectivity index is 1.72. The van der Waals surface area contributed by atoms with Gasteiger partial charge in [0.15, 0.2) is 5.82 Å². The summed E-state index contributed by atoms with van der Waals surface area (Å²) in [7, 11) is -1.76. The van der Waals surface area contributed by atoms with Gasteiger partial charge in [0.25, 0.3) is 10.2 Å². The maximum absolute atomic E-state index is 12.0. The highest BCUT2D eigenvalue weighted by Crippen LogP contribution is 2.31. The molecule has 0 radical (unpaired) electrons. The van der Waals surface area contributed by atoms with Crippen molar-refractivity contribution in [3.05, 3.63) is 17.1 Å². The lowest BCUT2D eigenvalue weighted by molar-refractivity contribution is 0.199. The van der Waals surface area contributed by atoms with E-state index < -0.39 is 10.2 Å². The zero-order chi connectivity index (χ0) is 22.4. The molecular formula is C21H36N6O3S. The van der Waals surface area contributed by atoms with E-state index in [0.29, 0.717) is 31.9 Å². The van der Waals surface area contributed by atoms with E-state index >= 15 is 0 Å². The maximum atomic E-state index is 12.0. The molecule has 2 heterocycles. The first kappa shape index (κ1) is 23.9. The monoisotopic (exact) mass is 452 g/mol. The van der Waals surface area contributed by atoms with Gasteiger partial charge in [0.05, 0.1) is 12.1 Å². The summed E-state index contributed by atoms with van der Waals surface area (Å²) in [6, 6.07) is 0. The Bertz CT molecular complexity index is 987. The van der Waals surface area contributed by atoms with Crippen molar-refractivity contribution >= 4 is 27.1 Å². The summed E-state index contributed by atoms with van der Waals surface area (Å²) >= 11 is 0. The first-order chi connectivity index (χ1) is 14.8. The lowest BCUT2D eigenvalue weighted by Gasteiger charge is -2.18. The van der Waals surface area contributed by atoms with Crippen molar-refractivity contribution in [1.29, 1.82) is 0 Å². The van der Waals surface area contributed by atoms with Crippen molar-refractivity contribution in [2.45, 2.75) is 65.3 Å². The van der Waals surface area contributed by atoms with Gasteiger partial charge in [0, 0.05) is 38.9 Å². The molecule has 2 aromatic heterocycles. The predicted octanol–water partition coefficient (Wildman–Crippen LogP) is 1.94. The molecule has 0 aliphatic heterocycles. The Labute approximate surface area is 185 Å². The van der Waals surface area contributed by atoms with E-state index in [1.165, 1.54) is 5.56 Å². The van der Waals surface area contributed by atoms with Gasteiger partial charge in [-0.1, -0.05) is 13.8 Å². The van der Waals surface area contributed by atoms with Crippen LogP contribution in [0.25, 0.3) is 11.0 Å². The van der Waals surface area contributed by atoms with Gasteiger partial charge in [-0.25, -0.2) is 19.4 Å². The van der Waals surface area contributed by atoms with Gasteiger partial charge in [-0.15, -0.1) is 0 Å². The van der Waals surface area contributed by atoms with Crippen molar-refractivity contribution < 1.29 is 13.2 Å². The van der Waals surface area contributed by atoms with Crippen molar-refractivity contribution in [3.8, 4) is 0 Å². The number of aryl methyl sites for hydroxylation is 3. The second-order valence-corrected chi connectivity index (χ2v) is 10.2. The van der Waals surface area contributed by atoms with Crippen LogP contribution in [0.2, 0.25) is 0 Å². The Morgan fingerprint density at radius 2 is 1.94 bits per heavy atom. The number of rotatable bonds is 12. The summed E-state index contributed by atoms with van der Waals surface area (Å²) in [6.45, 7) is 6.11. The Morgan fingerprint density at radius 3 is 2.68 bits per heavy atom. The number of nitrogens with zero attached hydrogens (tertiary/aromatic N) is 3. The molecule has 0 amide bonds. The molecule has 0 atom stereocenters. The number of nitrogens with one attached hydrogen (secondary N) is 2. The molecule has 0 saturated carbocycles. The number of hydrogen-bond acceptors (Lipinski definition) is 6. The number of methoxy groups -OCH3 is 1. The average molecular weight is 453 g/mol. The number of ether oxygens (including phenoxy) is 1. The van der Waals surface area contributed by atoms with Gasteiger partial charge >= 0.3 is 0 Å². The molecule has 0 fully saturated rings. The van der Waals surface area contributed by atoms with Crippen LogP contribution in [0.15, 0.2) is 0 Å². The van der Waals surface area contributed by atoms with Crippen LogP contribution < -0.4 is 15.2 Å². The molecule has 9 nitrogen and oxygen atoms in total. The highest BCUT2D eigenvalue weighted by molar-refractivity contribution is 7.87. The van der Waals surface area contributed by atoms with Gasteiger partial charge in [-0.3, -0.25) is 0 Å². The van der Waals surface area contributed by atoms with Gasteiger partial charge in [-0.05, 0) is 50.0 Å². The third kappa shape index (κ3) is 6.15. The summed E-state index contributed by atoms with van der Waals surface area (Å²) in [4.78, 5) is 9.44. The number of pyridine rings is 1. The highest BCUT2D eigenvalue weighted by Gasteiger charge is 2.22. The lowest BCUT2D eigenvalue weighted by Crippen LogP contribution is -2.38. The molecule has 0 spiro atoms. The molecule has 0 saturated heterocycles. The molecule has 3 rings (SSSR count).